The second-order valence-electron chi connectivity index (χ2n) is 6.27. The Labute approximate surface area is 150 Å². The fourth-order valence-corrected chi connectivity index (χ4v) is 3.59. The zero-order valence-electron chi connectivity index (χ0n) is 14.2. The van der Waals surface area contributed by atoms with Crippen molar-refractivity contribution in [1.82, 2.24) is 25.5 Å². The molecule has 2 aliphatic rings. The van der Waals surface area contributed by atoms with Gasteiger partial charge in [0.15, 0.2) is 0 Å². The monoisotopic (exact) mass is 390 g/mol. The van der Waals surface area contributed by atoms with E-state index >= 15 is 0 Å². The standard InChI is InChI=1S/C13H22N6O6S/c1-2-18-10(4-3-5-19(13(18)20)25-26(21,22)23)12-17-16-11(24-12)9-6-8(14)7-15-9/h8-10,15H,2-7,14H2,1H3,(H,21,22,23)/t8-,9+,10+/m1/s1. The number of amides is 2. The predicted octanol–water partition coefficient (Wildman–Crippen LogP) is -0.255. The minimum atomic E-state index is -4.79. The van der Waals surface area contributed by atoms with Crippen LogP contribution in [0.3, 0.4) is 0 Å². The van der Waals surface area contributed by atoms with E-state index in [1.165, 1.54) is 4.90 Å². The Kier molecular flexibility index (Phi) is 5.43. The average molecular weight is 390 g/mol. The van der Waals surface area contributed by atoms with E-state index in [0.717, 1.165) is 0 Å². The van der Waals surface area contributed by atoms with Crippen LogP contribution in [0, 0.1) is 0 Å². The Hall–Kier alpha value is -1.80. The van der Waals surface area contributed by atoms with Crippen molar-refractivity contribution >= 4 is 16.4 Å². The van der Waals surface area contributed by atoms with Crippen LogP contribution in [0.1, 0.15) is 50.1 Å². The third kappa shape index (κ3) is 4.12. The van der Waals surface area contributed by atoms with Crippen molar-refractivity contribution in [3.05, 3.63) is 11.8 Å². The van der Waals surface area contributed by atoms with Crippen molar-refractivity contribution < 1.29 is 26.5 Å². The number of carbonyl (C=O) groups is 1. The van der Waals surface area contributed by atoms with E-state index in [2.05, 4.69) is 19.8 Å². The fourth-order valence-electron chi connectivity index (χ4n) is 3.22. The summed E-state index contributed by atoms with van der Waals surface area (Å²) in [7, 11) is -4.79. The number of nitrogens with one attached hydrogen (secondary N) is 1. The molecule has 2 amide bonds. The van der Waals surface area contributed by atoms with Crippen LogP contribution in [0.15, 0.2) is 4.42 Å². The molecule has 13 heteroatoms. The van der Waals surface area contributed by atoms with E-state index in [1.54, 1.807) is 6.92 Å². The largest absolute Gasteiger partial charge is 0.421 e. The number of urea groups is 1. The maximum absolute atomic E-state index is 12.6. The van der Waals surface area contributed by atoms with Gasteiger partial charge in [-0.25, -0.2) is 4.79 Å². The molecule has 2 saturated heterocycles. The van der Waals surface area contributed by atoms with Crippen LogP contribution in [0.4, 0.5) is 4.79 Å². The minimum Gasteiger partial charge on any atom is -0.421 e. The van der Waals surface area contributed by atoms with Crippen molar-refractivity contribution in [3.8, 4) is 0 Å². The average Bonchev–Trinajstić information content (AvgIpc) is 3.17. The van der Waals surface area contributed by atoms with Crippen molar-refractivity contribution in [2.45, 2.75) is 44.3 Å². The van der Waals surface area contributed by atoms with Gasteiger partial charge >= 0.3 is 16.4 Å². The lowest BCUT2D eigenvalue weighted by Gasteiger charge is -2.28. The van der Waals surface area contributed by atoms with Crippen LogP contribution in [-0.4, -0.2) is 64.8 Å². The number of hydrogen-bond acceptors (Lipinski definition) is 9. The molecule has 2 fully saturated rings. The predicted molar refractivity (Wildman–Crippen MR) is 86.7 cm³/mol. The summed E-state index contributed by atoms with van der Waals surface area (Å²) < 4.78 is 40.9. The van der Waals surface area contributed by atoms with Crippen LogP contribution < -0.4 is 11.1 Å². The maximum atomic E-state index is 12.6. The van der Waals surface area contributed by atoms with E-state index in [0.29, 0.717) is 36.8 Å². The topological polar surface area (TPSA) is 164 Å². The van der Waals surface area contributed by atoms with Crippen LogP contribution in [0.5, 0.6) is 0 Å². The molecule has 2 aliphatic heterocycles. The molecule has 0 bridgehead atoms. The number of nitrogens with two attached hydrogens (primary N) is 1. The molecule has 4 N–H and O–H groups in total. The molecule has 0 radical (unpaired) electrons. The number of hydroxylamine groups is 2. The Morgan fingerprint density at radius 3 is 2.77 bits per heavy atom. The highest BCUT2D eigenvalue weighted by molar-refractivity contribution is 7.80. The van der Waals surface area contributed by atoms with E-state index in [1.807, 2.05) is 0 Å². The van der Waals surface area contributed by atoms with Gasteiger partial charge in [0.1, 0.15) is 6.04 Å². The molecular weight excluding hydrogens is 368 g/mol. The zero-order chi connectivity index (χ0) is 18.9. The summed E-state index contributed by atoms with van der Waals surface area (Å²) >= 11 is 0. The van der Waals surface area contributed by atoms with Gasteiger partial charge in [-0.2, -0.15) is 13.5 Å². The molecule has 1 aromatic heterocycles. The van der Waals surface area contributed by atoms with E-state index in [-0.39, 0.29) is 31.1 Å². The quantitative estimate of drug-likeness (QED) is 0.571. The summed E-state index contributed by atoms with van der Waals surface area (Å²) in [5.41, 5.74) is 5.87. The van der Waals surface area contributed by atoms with Gasteiger partial charge in [0.25, 0.3) is 0 Å². The lowest BCUT2D eigenvalue weighted by Crippen LogP contribution is -2.43. The molecule has 0 unspecified atom stereocenters. The highest BCUT2D eigenvalue weighted by Crippen LogP contribution is 2.31. The second-order valence-corrected chi connectivity index (χ2v) is 7.27. The highest BCUT2D eigenvalue weighted by atomic mass is 32.3. The number of hydrogen-bond donors (Lipinski definition) is 3. The lowest BCUT2D eigenvalue weighted by atomic mass is 10.1. The van der Waals surface area contributed by atoms with Gasteiger partial charge in [-0.05, 0) is 26.2 Å². The molecule has 3 rings (SSSR count). The van der Waals surface area contributed by atoms with Gasteiger partial charge < -0.3 is 20.4 Å². The first kappa shape index (κ1) is 19.0. The first-order valence-electron chi connectivity index (χ1n) is 8.36. The van der Waals surface area contributed by atoms with Crippen LogP contribution in [0.2, 0.25) is 0 Å². The molecule has 0 saturated carbocycles. The molecule has 26 heavy (non-hydrogen) atoms. The van der Waals surface area contributed by atoms with E-state index in [9.17, 15) is 13.2 Å². The first-order chi connectivity index (χ1) is 12.3. The van der Waals surface area contributed by atoms with Crippen molar-refractivity contribution in [2.24, 2.45) is 5.73 Å². The molecule has 0 aromatic carbocycles. The summed E-state index contributed by atoms with van der Waals surface area (Å²) in [4.78, 5) is 13.9. The smallest absolute Gasteiger partial charge is 0.418 e. The first-order valence-corrected chi connectivity index (χ1v) is 9.72. The molecule has 3 heterocycles. The van der Waals surface area contributed by atoms with Crippen LogP contribution in [-0.2, 0) is 14.7 Å². The van der Waals surface area contributed by atoms with Gasteiger partial charge in [-0.1, -0.05) is 0 Å². The summed E-state index contributed by atoms with van der Waals surface area (Å²) in [6.45, 7) is 2.66. The van der Waals surface area contributed by atoms with E-state index in [4.69, 9.17) is 14.7 Å². The Morgan fingerprint density at radius 1 is 1.42 bits per heavy atom. The Bertz CT molecular complexity index is 754. The number of rotatable bonds is 5. The lowest BCUT2D eigenvalue weighted by molar-refractivity contribution is -0.0278. The van der Waals surface area contributed by atoms with Crippen molar-refractivity contribution in [3.63, 3.8) is 0 Å². The minimum absolute atomic E-state index is 0.00561. The summed E-state index contributed by atoms with van der Waals surface area (Å²) in [6.07, 6.45) is 1.58. The number of nitrogens with zero attached hydrogens (tertiary/aromatic N) is 4. The highest BCUT2D eigenvalue weighted by Gasteiger charge is 2.37. The van der Waals surface area contributed by atoms with Gasteiger partial charge in [-0.15, -0.1) is 14.5 Å². The zero-order valence-corrected chi connectivity index (χ0v) is 15.1. The number of carbonyl (C=O) groups excluding carboxylic acids is 1. The van der Waals surface area contributed by atoms with E-state index < -0.39 is 22.5 Å². The van der Waals surface area contributed by atoms with Gasteiger partial charge in [0, 0.05) is 19.1 Å². The Balaban J connectivity index is 1.79. The Morgan fingerprint density at radius 2 is 2.15 bits per heavy atom. The summed E-state index contributed by atoms with van der Waals surface area (Å²) in [6, 6.07) is -1.32. The SMILES string of the molecule is CCN1C(=O)N(OS(=O)(=O)O)CCC[C@H]1c1nnc([C@@H]2C[C@@H](N)CN2)o1. The van der Waals surface area contributed by atoms with Gasteiger partial charge in [-0.3, -0.25) is 4.55 Å². The molecule has 12 nitrogen and oxygen atoms in total. The molecule has 3 atom stereocenters. The van der Waals surface area contributed by atoms with Gasteiger partial charge in [0.2, 0.25) is 11.8 Å². The maximum Gasteiger partial charge on any atom is 0.418 e. The normalized spacial score (nSPS) is 27.8. The second kappa shape index (κ2) is 7.44. The third-order valence-electron chi connectivity index (χ3n) is 4.40. The van der Waals surface area contributed by atoms with Gasteiger partial charge in [0.05, 0.1) is 12.6 Å². The van der Waals surface area contributed by atoms with Crippen molar-refractivity contribution in [2.75, 3.05) is 19.6 Å². The number of aromatic nitrogens is 2. The fraction of sp³-hybridized carbons (Fsp3) is 0.769. The summed E-state index contributed by atoms with van der Waals surface area (Å²) in [5.74, 6) is 0.679. The molecule has 0 aliphatic carbocycles. The van der Waals surface area contributed by atoms with Crippen LogP contribution in [0.25, 0.3) is 0 Å². The molecular formula is C13H22N6O6S. The molecule has 146 valence electrons. The van der Waals surface area contributed by atoms with Crippen LogP contribution >= 0.6 is 0 Å². The summed E-state index contributed by atoms with van der Waals surface area (Å²) in [5, 5.41) is 11.9. The molecule has 0 spiro atoms. The molecule has 1 aromatic rings. The van der Waals surface area contributed by atoms with Crippen molar-refractivity contribution in [1.29, 1.82) is 0 Å². The third-order valence-corrected chi connectivity index (χ3v) is 4.77.